The number of ether oxygens (including phenoxy) is 2. The van der Waals surface area contributed by atoms with Gasteiger partial charge in [0.1, 0.15) is 17.8 Å². The molecule has 1 spiro atoms. The Morgan fingerprint density at radius 2 is 1.81 bits per heavy atom. The molecule has 2 bridgehead atoms. The lowest BCUT2D eigenvalue weighted by Gasteiger charge is -2.64. The second kappa shape index (κ2) is 9.43. The minimum atomic E-state index is -1.77. The Hall–Kier alpha value is -2.63. The molecule has 10 heteroatoms. The number of rotatable bonds is 5. The van der Waals surface area contributed by atoms with Crippen LogP contribution in [0, 0.1) is 28.6 Å². The second-order valence-electron chi connectivity index (χ2n) is 13.8. The SMILES string of the molecule is CC(=O)NC(c1ccccc1)C(O)C(=O)OC1CC2(O)C(C)C3[C@]4(O)COC4C[C@@H]4C[C@]34C(=O)C(O)C(=C1C)C2(C)C. The normalized spacial score (nSPS) is 42.8. The van der Waals surface area contributed by atoms with Crippen molar-refractivity contribution in [3.05, 3.63) is 47.0 Å². The Morgan fingerprint density at radius 3 is 2.40 bits per heavy atom. The van der Waals surface area contributed by atoms with Crippen molar-refractivity contribution in [1.82, 2.24) is 5.32 Å². The molecule has 1 aromatic rings. The maximum absolute atomic E-state index is 14.2. The van der Waals surface area contributed by atoms with Crippen molar-refractivity contribution in [1.29, 1.82) is 0 Å². The highest BCUT2D eigenvalue weighted by atomic mass is 16.6. The number of esters is 1. The van der Waals surface area contributed by atoms with Crippen molar-refractivity contribution in [2.45, 2.75) is 95.5 Å². The minimum absolute atomic E-state index is 0.0448. The summed E-state index contributed by atoms with van der Waals surface area (Å²) in [6.45, 7) is 8.40. The van der Waals surface area contributed by atoms with Gasteiger partial charge < -0.3 is 35.2 Å². The van der Waals surface area contributed by atoms with Crippen molar-refractivity contribution in [2.75, 3.05) is 6.61 Å². The molecule has 6 rings (SSSR count). The summed E-state index contributed by atoms with van der Waals surface area (Å²) in [4.78, 5) is 39.6. The fraction of sp³-hybridized carbons (Fsp3) is 0.656. The molecule has 5 N–H and O–H groups in total. The number of aliphatic hydroxyl groups excluding tert-OH is 2. The van der Waals surface area contributed by atoms with E-state index >= 15 is 0 Å². The molecule has 42 heavy (non-hydrogen) atoms. The van der Waals surface area contributed by atoms with Crippen LogP contribution in [0.4, 0.5) is 0 Å². The molecule has 1 amide bonds. The molecule has 0 radical (unpaired) electrons. The number of hydrogen-bond acceptors (Lipinski definition) is 9. The number of carbonyl (C=O) groups is 3. The van der Waals surface area contributed by atoms with Gasteiger partial charge in [-0.05, 0) is 48.3 Å². The van der Waals surface area contributed by atoms with Crippen molar-refractivity contribution in [3.8, 4) is 0 Å². The summed E-state index contributed by atoms with van der Waals surface area (Å²) in [5.74, 6) is -3.16. The van der Waals surface area contributed by atoms with E-state index in [2.05, 4.69) is 5.32 Å². The summed E-state index contributed by atoms with van der Waals surface area (Å²) in [5, 5.41) is 49.9. The molecule has 1 saturated heterocycles. The quantitative estimate of drug-likeness (QED) is 0.254. The van der Waals surface area contributed by atoms with Gasteiger partial charge in [0.2, 0.25) is 5.91 Å². The Labute approximate surface area is 245 Å². The zero-order chi connectivity index (χ0) is 30.6. The molecule has 1 heterocycles. The van der Waals surface area contributed by atoms with Crippen LogP contribution in [0.25, 0.3) is 0 Å². The number of hydrogen-bond donors (Lipinski definition) is 5. The predicted octanol–water partition coefficient (Wildman–Crippen LogP) is 1.35. The van der Waals surface area contributed by atoms with Crippen LogP contribution < -0.4 is 5.32 Å². The summed E-state index contributed by atoms with van der Waals surface area (Å²) < 4.78 is 11.6. The topological polar surface area (TPSA) is 163 Å². The Bertz CT molecular complexity index is 1360. The Morgan fingerprint density at radius 1 is 1.14 bits per heavy atom. The van der Waals surface area contributed by atoms with Crippen LogP contribution in [0.5, 0.6) is 0 Å². The number of amides is 1. The molecular weight excluding hydrogens is 542 g/mol. The molecule has 3 saturated carbocycles. The molecule has 1 aliphatic heterocycles. The van der Waals surface area contributed by atoms with Gasteiger partial charge in [-0.1, -0.05) is 51.1 Å². The van der Waals surface area contributed by atoms with E-state index in [1.807, 2.05) is 6.92 Å². The first-order chi connectivity index (χ1) is 19.6. The van der Waals surface area contributed by atoms with Crippen LogP contribution in [0.3, 0.4) is 0 Å². The van der Waals surface area contributed by atoms with E-state index in [0.29, 0.717) is 29.6 Å². The number of nitrogens with one attached hydrogen (secondary N) is 1. The van der Waals surface area contributed by atoms with Gasteiger partial charge in [-0.2, -0.15) is 0 Å². The highest BCUT2D eigenvalue weighted by molar-refractivity contribution is 5.95. The zero-order valence-electron chi connectivity index (χ0n) is 24.7. The number of ketones is 1. The van der Waals surface area contributed by atoms with Gasteiger partial charge in [0.25, 0.3) is 0 Å². The van der Waals surface area contributed by atoms with E-state index in [0.717, 1.165) is 0 Å². The van der Waals surface area contributed by atoms with Crippen LogP contribution in [0.2, 0.25) is 0 Å². The monoisotopic (exact) mass is 583 g/mol. The van der Waals surface area contributed by atoms with Gasteiger partial charge in [-0.15, -0.1) is 0 Å². The Kier molecular flexibility index (Phi) is 6.61. The number of aliphatic hydroxyl groups is 4. The lowest BCUT2D eigenvalue weighted by molar-refractivity contribution is -0.310. The summed E-state index contributed by atoms with van der Waals surface area (Å²) in [7, 11) is 0. The lowest BCUT2D eigenvalue weighted by atomic mass is 9.46. The number of benzene rings is 1. The molecule has 0 aromatic heterocycles. The molecule has 8 unspecified atom stereocenters. The fourth-order valence-electron chi connectivity index (χ4n) is 9.26. The van der Waals surface area contributed by atoms with Crippen LogP contribution >= 0.6 is 0 Å². The van der Waals surface area contributed by atoms with Crippen LogP contribution in [-0.2, 0) is 23.9 Å². The highest BCUT2D eigenvalue weighted by Crippen LogP contribution is 2.74. The zero-order valence-corrected chi connectivity index (χ0v) is 24.7. The molecule has 11 atom stereocenters. The van der Waals surface area contributed by atoms with Gasteiger partial charge in [0, 0.05) is 30.1 Å². The summed E-state index contributed by atoms with van der Waals surface area (Å²) >= 11 is 0. The minimum Gasteiger partial charge on any atom is -0.456 e. The molecule has 4 fully saturated rings. The van der Waals surface area contributed by atoms with E-state index in [-0.39, 0.29) is 24.7 Å². The molecular formula is C32H41NO9. The standard InChI is InChI=1S/C32H41NO9/c1-15-20(42-28(38)25(36)23(33-17(3)34)18-9-7-6-8-10-18)13-32(40)16(2)26-30(27(37)24(35)22(15)29(32,4)5)12-19(30)11-21-31(26,39)14-41-21/h6-10,16,19-21,23-26,35-36,39-40H,11-14H2,1-5H3,(H,33,34)/t16?,19-,20?,21?,23?,24?,25?,26?,30-,31+,32?/m1/s1. The van der Waals surface area contributed by atoms with Gasteiger partial charge in [0.05, 0.1) is 24.4 Å². The lowest BCUT2D eigenvalue weighted by Crippen LogP contribution is -2.74. The Balaban J connectivity index is 1.38. The first kappa shape index (κ1) is 29.4. The van der Waals surface area contributed by atoms with Crippen molar-refractivity contribution < 1.29 is 44.3 Å². The number of fused-ring (bicyclic) bond motifs is 4. The first-order valence-electron chi connectivity index (χ1n) is 14.8. The van der Waals surface area contributed by atoms with E-state index in [1.54, 1.807) is 51.1 Å². The highest BCUT2D eigenvalue weighted by Gasteiger charge is 2.80. The van der Waals surface area contributed by atoms with Crippen LogP contribution in [0.15, 0.2) is 41.5 Å². The van der Waals surface area contributed by atoms with Gasteiger partial charge in [0.15, 0.2) is 11.9 Å². The number of carbonyl (C=O) groups excluding carboxylic acids is 3. The van der Waals surface area contributed by atoms with Crippen molar-refractivity contribution in [2.24, 2.45) is 28.6 Å². The number of Topliss-reactive ketones (excluding diaryl/α,β-unsaturated/α-hetero) is 1. The van der Waals surface area contributed by atoms with Gasteiger partial charge in [-0.25, -0.2) is 4.79 Å². The largest absolute Gasteiger partial charge is 0.456 e. The summed E-state index contributed by atoms with van der Waals surface area (Å²) in [5.41, 5.74) is -3.73. The third-order valence-corrected chi connectivity index (χ3v) is 11.5. The average molecular weight is 584 g/mol. The maximum atomic E-state index is 14.2. The van der Waals surface area contributed by atoms with Crippen molar-refractivity contribution >= 4 is 17.7 Å². The molecule has 228 valence electrons. The van der Waals surface area contributed by atoms with Gasteiger partial charge >= 0.3 is 5.97 Å². The maximum Gasteiger partial charge on any atom is 0.338 e. The van der Waals surface area contributed by atoms with E-state index in [1.165, 1.54) is 6.92 Å². The molecule has 5 aliphatic rings. The predicted molar refractivity (Wildman–Crippen MR) is 148 cm³/mol. The van der Waals surface area contributed by atoms with Crippen LogP contribution in [0.1, 0.15) is 65.5 Å². The fourth-order valence-corrected chi connectivity index (χ4v) is 9.26. The van der Waals surface area contributed by atoms with Crippen molar-refractivity contribution in [3.63, 3.8) is 0 Å². The second-order valence-corrected chi connectivity index (χ2v) is 13.8. The summed E-state index contributed by atoms with van der Waals surface area (Å²) in [6, 6.07) is 7.47. The molecule has 10 nitrogen and oxygen atoms in total. The smallest absolute Gasteiger partial charge is 0.338 e. The summed E-state index contributed by atoms with van der Waals surface area (Å²) in [6.07, 6.45) is -3.84. The van der Waals surface area contributed by atoms with Crippen LogP contribution in [-0.4, -0.2) is 80.3 Å². The molecule has 1 aromatic carbocycles. The average Bonchev–Trinajstić information content (AvgIpc) is 3.66. The molecule has 4 aliphatic carbocycles. The third kappa shape index (κ3) is 3.78. The van der Waals surface area contributed by atoms with E-state index in [9.17, 15) is 34.8 Å². The van der Waals surface area contributed by atoms with E-state index in [4.69, 9.17) is 9.47 Å². The first-order valence-corrected chi connectivity index (χ1v) is 14.8. The third-order valence-electron chi connectivity index (χ3n) is 11.5. The van der Waals surface area contributed by atoms with Gasteiger partial charge in [-0.3, -0.25) is 9.59 Å². The van der Waals surface area contributed by atoms with E-state index < -0.39 is 76.2 Å².